The summed E-state index contributed by atoms with van der Waals surface area (Å²) in [5.74, 6) is 1.95. The van der Waals surface area contributed by atoms with Crippen molar-refractivity contribution in [3.63, 3.8) is 0 Å². The van der Waals surface area contributed by atoms with E-state index < -0.39 is 0 Å². The molecule has 0 radical (unpaired) electrons. The lowest BCUT2D eigenvalue weighted by Gasteiger charge is -2.23. The number of hydrogen-bond donors (Lipinski definition) is 1. The van der Waals surface area contributed by atoms with Crippen molar-refractivity contribution in [3.05, 3.63) is 20.6 Å². The number of hydrogen-bond acceptors (Lipinski definition) is 3. The first-order valence-electron chi connectivity index (χ1n) is 7.28. The topological polar surface area (TPSA) is 28.7 Å². The van der Waals surface area contributed by atoms with Gasteiger partial charge in [-0.15, -0.1) is 0 Å². The number of rotatable bonds is 3. The fourth-order valence-corrected chi connectivity index (χ4v) is 4.71. The van der Waals surface area contributed by atoms with Gasteiger partial charge in [0.2, 0.25) is 0 Å². The normalized spacial score (nSPS) is 17.4. The molecule has 0 atom stereocenters. The predicted octanol–water partition coefficient (Wildman–Crippen LogP) is 5.77. The molecule has 1 aromatic heterocycles. The molecule has 20 heavy (non-hydrogen) atoms. The van der Waals surface area contributed by atoms with Crippen LogP contribution in [0.5, 0.6) is 0 Å². The Kier molecular flexibility index (Phi) is 5.71. The highest BCUT2D eigenvalue weighted by Crippen LogP contribution is 2.32. The smallest absolute Gasteiger partial charge is 0.144 e. The Morgan fingerprint density at radius 1 is 1.30 bits per heavy atom. The average molecular weight is 375 g/mol. The summed E-state index contributed by atoms with van der Waals surface area (Å²) in [7, 11) is 0. The number of aromatic nitrogens is 2. The van der Waals surface area contributed by atoms with Gasteiger partial charge >= 0.3 is 0 Å². The Bertz CT molecular complexity index is 514. The number of thioether (sulfide) groups is 1. The van der Waals surface area contributed by atoms with Crippen molar-refractivity contribution in [2.24, 2.45) is 0 Å². The third kappa shape index (κ3) is 4.31. The van der Waals surface area contributed by atoms with Gasteiger partial charge in [0.25, 0.3) is 0 Å². The summed E-state index contributed by atoms with van der Waals surface area (Å²) in [4.78, 5) is 8.01. The lowest BCUT2D eigenvalue weighted by molar-refractivity contribution is 0.515. The summed E-state index contributed by atoms with van der Waals surface area (Å²) in [6, 6.07) is 0. The maximum absolute atomic E-state index is 5.38. The first-order chi connectivity index (χ1) is 9.38. The molecule has 5 heteroatoms. The van der Waals surface area contributed by atoms with Crippen molar-refractivity contribution >= 4 is 39.9 Å². The van der Waals surface area contributed by atoms with Crippen LogP contribution in [0.4, 0.5) is 0 Å². The van der Waals surface area contributed by atoms with Crippen molar-refractivity contribution in [1.82, 2.24) is 9.97 Å². The molecule has 1 aliphatic rings. The van der Waals surface area contributed by atoms with Gasteiger partial charge < -0.3 is 4.98 Å². The quantitative estimate of drug-likeness (QED) is 0.681. The highest BCUT2D eigenvalue weighted by molar-refractivity contribution is 9.10. The molecule has 0 unspecified atom stereocenters. The Balaban J connectivity index is 2.12. The van der Waals surface area contributed by atoms with Crippen LogP contribution in [0.25, 0.3) is 0 Å². The predicted molar refractivity (Wildman–Crippen MR) is 94.0 cm³/mol. The maximum atomic E-state index is 5.38. The molecule has 2 rings (SSSR count). The van der Waals surface area contributed by atoms with Gasteiger partial charge in [0.15, 0.2) is 0 Å². The van der Waals surface area contributed by atoms with E-state index >= 15 is 0 Å². The summed E-state index contributed by atoms with van der Waals surface area (Å²) in [6.45, 7) is 6.57. The Hall–Kier alpha value is 0.130. The summed E-state index contributed by atoms with van der Waals surface area (Å²) in [5.41, 5.74) is 1.19. The third-order valence-corrected chi connectivity index (χ3v) is 6.38. The molecular formula is C15H23BrN2S2. The zero-order valence-corrected chi connectivity index (χ0v) is 15.7. The molecule has 1 saturated carbocycles. The van der Waals surface area contributed by atoms with E-state index in [4.69, 9.17) is 12.2 Å². The molecule has 1 N–H and O–H groups in total. The average Bonchev–Trinajstić information content (AvgIpc) is 2.40. The molecule has 0 aromatic carbocycles. The molecule has 1 fully saturated rings. The number of halogens is 1. The molecule has 0 spiro atoms. The molecule has 0 aliphatic heterocycles. The molecule has 112 valence electrons. The van der Waals surface area contributed by atoms with Crippen molar-refractivity contribution < 1.29 is 0 Å². The second-order valence-electron chi connectivity index (χ2n) is 6.50. The number of H-pyrrole nitrogens is 1. The zero-order chi connectivity index (χ0) is 14.8. The van der Waals surface area contributed by atoms with E-state index in [1.165, 1.54) is 32.1 Å². The van der Waals surface area contributed by atoms with Crippen molar-refractivity contribution in [2.45, 2.75) is 69.3 Å². The zero-order valence-electron chi connectivity index (χ0n) is 12.5. The molecule has 1 aliphatic carbocycles. The summed E-state index contributed by atoms with van der Waals surface area (Å²) in [5, 5.41) is 0.800. The summed E-state index contributed by atoms with van der Waals surface area (Å²) >= 11 is 11.0. The van der Waals surface area contributed by atoms with E-state index in [1.807, 2.05) is 11.8 Å². The Morgan fingerprint density at radius 3 is 2.55 bits per heavy atom. The van der Waals surface area contributed by atoms with Crippen molar-refractivity contribution in [2.75, 3.05) is 0 Å². The fraction of sp³-hybridized carbons (Fsp3) is 0.733. The highest BCUT2D eigenvalue weighted by Gasteiger charge is 2.21. The standard InChI is InChI=1S/C15H23BrN2S2/c1-15(2,3)13-12(16)14(19)18-11(17-13)9-20-10-7-5-4-6-8-10/h10H,4-9H2,1-3H3,(H,17,18,19). The molecule has 0 bridgehead atoms. The molecule has 0 saturated heterocycles. The second-order valence-corrected chi connectivity index (χ2v) is 8.97. The van der Waals surface area contributed by atoms with E-state index in [0.717, 1.165) is 27.0 Å². The van der Waals surface area contributed by atoms with E-state index in [2.05, 4.69) is 46.7 Å². The first kappa shape index (κ1) is 16.5. The largest absolute Gasteiger partial charge is 0.345 e. The van der Waals surface area contributed by atoms with Crippen molar-refractivity contribution in [3.8, 4) is 0 Å². The monoisotopic (exact) mass is 374 g/mol. The van der Waals surface area contributed by atoms with Gasteiger partial charge in [-0.25, -0.2) is 4.98 Å². The second kappa shape index (κ2) is 6.93. The third-order valence-electron chi connectivity index (χ3n) is 3.67. The molecule has 2 nitrogen and oxygen atoms in total. The van der Waals surface area contributed by atoms with Crippen LogP contribution >= 0.6 is 39.9 Å². The molecule has 0 amide bonds. The minimum Gasteiger partial charge on any atom is -0.345 e. The van der Waals surface area contributed by atoms with Crippen LogP contribution < -0.4 is 0 Å². The van der Waals surface area contributed by atoms with Crippen LogP contribution in [-0.2, 0) is 11.2 Å². The Labute approximate surface area is 139 Å². The number of aromatic amines is 1. The number of nitrogens with one attached hydrogen (secondary N) is 1. The van der Waals surface area contributed by atoms with Gasteiger partial charge in [0, 0.05) is 16.4 Å². The SMILES string of the molecule is CC(C)(C)c1[nH]c(CSC2CCCCC2)nc(=S)c1Br. The van der Waals surface area contributed by atoms with Crippen molar-refractivity contribution in [1.29, 1.82) is 0 Å². The van der Waals surface area contributed by atoms with Gasteiger partial charge in [-0.2, -0.15) is 11.8 Å². The van der Waals surface area contributed by atoms with Crippen LogP contribution in [0.3, 0.4) is 0 Å². The minimum absolute atomic E-state index is 0.0413. The van der Waals surface area contributed by atoms with Crippen LogP contribution in [0.15, 0.2) is 4.47 Å². The van der Waals surface area contributed by atoms with E-state index in [-0.39, 0.29) is 5.41 Å². The molecule has 1 heterocycles. The Morgan fingerprint density at radius 2 is 1.95 bits per heavy atom. The van der Waals surface area contributed by atoms with Gasteiger partial charge in [-0.3, -0.25) is 0 Å². The minimum atomic E-state index is 0.0413. The van der Waals surface area contributed by atoms with Crippen LogP contribution in [0, 0.1) is 4.64 Å². The summed E-state index contributed by atoms with van der Waals surface area (Å²) in [6.07, 6.45) is 6.88. The first-order valence-corrected chi connectivity index (χ1v) is 9.53. The fourth-order valence-electron chi connectivity index (χ4n) is 2.52. The lowest BCUT2D eigenvalue weighted by Crippen LogP contribution is -2.17. The number of nitrogens with zero attached hydrogens (tertiary/aromatic N) is 1. The van der Waals surface area contributed by atoms with E-state index in [1.54, 1.807) is 0 Å². The van der Waals surface area contributed by atoms with E-state index in [9.17, 15) is 0 Å². The van der Waals surface area contributed by atoms with Gasteiger partial charge in [-0.1, -0.05) is 52.3 Å². The van der Waals surface area contributed by atoms with Crippen LogP contribution in [0.1, 0.15) is 64.4 Å². The maximum Gasteiger partial charge on any atom is 0.144 e. The molecule has 1 aromatic rings. The van der Waals surface area contributed by atoms with Gasteiger partial charge in [0.05, 0.1) is 10.2 Å². The summed E-state index contributed by atoms with van der Waals surface area (Å²) < 4.78 is 1.61. The lowest BCUT2D eigenvalue weighted by atomic mass is 9.92. The molecular weight excluding hydrogens is 352 g/mol. The highest BCUT2D eigenvalue weighted by atomic mass is 79.9. The van der Waals surface area contributed by atoms with Gasteiger partial charge in [-0.05, 0) is 28.8 Å². The van der Waals surface area contributed by atoms with Crippen LogP contribution in [0.2, 0.25) is 0 Å². The van der Waals surface area contributed by atoms with Crippen LogP contribution in [-0.4, -0.2) is 15.2 Å². The van der Waals surface area contributed by atoms with E-state index in [0.29, 0.717) is 4.64 Å². The van der Waals surface area contributed by atoms with Gasteiger partial charge in [0.1, 0.15) is 10.5 Å².